The quantitative estimate of drug-likeness (QED) is 0.685. The lowest BCUT2D eigenvalue weighted by molar-refractivity contribution is 0.311. The first-order chi connectivity index (χ1) is 7.65. The first kappa shape index (κ1) is 13.5. The predicted molar refractivity (Wildman–Crippen MR) is 69.7 cm³/mol. The van der Waals surface area contributed by atoms with Gasteiger partial charge in [-0.15, -0.1) is 10.2 Å². The van der Waals surface area contributed by atoms with E-state index in [1.807, 2.05) is 18.1 Å². The molecular formula is C11H22N4S. The third kappa shape index (κ3) is 4.14. The van der Waals surface area contributed by atoms with Gasteiger partial charge in [0, 0.05) is 6.04 Å². The van der Waals surface area contributed by atoms with E-state index in [1.54, 1.807) is 0 Å². The van der Waals surface area contributed by atoms with Crippen molar-refractivity contribution in [3.63, 3.8) is 0 Å². The molecule has 1 rings (SSSR count). The van der Waals surface area contributed by atoms with Gasteiger partial charge in [0.05, 0.1) is 6.54 Å². The summed E-state index contributed by atoms with van der Waals surface area (Å²) in [7, 11) is 2.14. The second-order valence-corrected chi connectivity index (χ2v) is 5.32. The summed E-state index contributed by atoms with van der Waals surface area (Å²) in [5, 5.41) is 8.15. The molecule has 0 aliphatic heterocycles. The molecule has 1 aromatic rings. The summed E-state index contributed by atoms with van der Waals surface area (Å²) in [6.07, 6.45) is 5.19. The smallest absolute Gasteiger partial charge is 0.147 e. The Morgan fingerprint density at radius 2 is 2.25 bits per heavy atom. The molecule has 0 saturated carbocycles. The van der Waals surface area contributed by atoms with Crippen LogP contribution in [0, 0.1) is 0 Å². The molecule has 4 nitrogen and oxygen atoms in total. The van der Waals surface area contributed by atoms with Crippen LogP contribution in [0.3, 0.4) is 0 Å². The minimum Gasteiger partial charge on any atom is -0.314 e. The van der Waals surface area contributed by atoms with Crippen molar-refractivity contribution in [3.05, 3.63) is 12.2 Å². The number of nitrogens with zero attached hydrogens (tertiary/aromatic N) is 4. The SMILES string of the molecule is CSCCCN(C)Cc1nncn1C(C)C. The maximum Gasteiger partial charge on any atom is 0.147 e. The topological polar surface area (TPSA) is 34.0 Å². The second-order valence-electron chi connectivity index (χ2n) is 4.33. The van der Waals surface area contributed by atoms with Crippen molar-refractivity contribution in [2.45, 2.75) is 32.9 Å². The third-order valence-electron chi connectivity index (χ3n) is 2.50. The molecule has 0 atom stereocenters. The summed E-state index contributed by atoms with van der Waals surface area (Å²) in [6, 6.07) is 0.435. The minimum absolute atomic E-state index is 0.435. The molecule has 5 heteroatoms. The molecule has 0 unspecified atom stereocenters. The molecular weight excluding hydrogens is 220 g/mol. The van der Waals surface area contributed by atoms with Gasteiger partial charge in [-0.2, -0.15) is 11.8 Å². The Morgan fingerprint density at radius 3 is 2.88 bits per heavy atom. The second kappa shape index (κ2) is 6.91. The Bertz CT molecular complexity index is 298. The van der Waals surface area contributed by atoms with E-state index in [2.05, 4.69) is 46.8 Å². The highest BCUT2D eigenvalue weighted by Crippen LogP contribution is 2.08. The van der Waals surface area contributed by atoms with Crippen LogP contribution in [0.4, 0.5) is 0 Å². The van der Waals surface area contributed by atoms with Crippen LogP contribution in [0.5, 0.6) is 0 Å². The number of hydrogen-bond acceptors (Lipinski definition) is 4. The van der Waals surface area contributed by atoms with E-state index >= 15 is 0 Å². The molecule has 92 valence electrons. The lowest BCUT2D eigenvalue weighted by atomic mass is 10.3. The van der Waals surface area contributed by atoms with Crippen molar-refractivity contribution in [2.24, 2.45) is 0 Å². The Labute approximate surface area is 102 Å². The van der Waals surface area contributed by atoms with Crippen molar-refractivity contribution >= 4 is 11.8 Å². The Hall–Kier alpha value is -0.550. The molecule has 1 aromatic heterocycles. The van der Waals surface area contributed by atoms with Crippen molar-refractivity contribution in [3.8, 4) is 0 Å². The van der Waals surface area contributed by atoms with Gasteiger partial charge < -0.3 is 4.57 Å². The summed E-state index contributed by atoms with van der Waals surface area (Å²) >= 11 is 1.90. The monoisotopic (exact) mass is 242 g/mol. The maximum absolute atomic E-state index is 4.17. The molecule has 0 saturated heterocycles. The number of hydrogen-bond donors (Lipinski definition) is 0. The molecule has 0 aliphatic carbocycles. The highest BCUT2D eigenvalue weighted by molar-refractivity contribution is 7.98. The minimum atomic E-state index is 0.435. The van der Waals surface area contributed by atoms with Gasteiger partial charge in [0.1, 0.15) is 12.2 Å². The largest absolute Gasteiger partial charge is 0.314 e. The molecule has 0 spiro atoms. The van der Waals surface area contributed by atoms with Crippen molar-refractivity contribution in [1.82, 2.24) is 19.7 Å². The van der Waals surface area contributed by atoms with E-state index < -0.39 is 0 Å². The summed E-state index contributed by atoms with van der Waals surface area (Å²) in [5.41, 5.74) is 0. The average Bonchev–Trinajstić information content (AvgIpc) is 2.66. The van der Waals surface area contributed by atoms with Gasteiger partial charge in [-0.1, -0.05) is 0 Å². The van der Waals surface area contributed by atoms with Gasteiger partial charge in [-0.25, -0.2) is 0 Å². The standard InChI is InChI=1S/C11H22N4S/c1-10(2)15-9-12-13-11(15)8-14(3)6-5-7-16-4/h9-10H,5-8H2,1-4H3. The molecule has 0 aromatic carbocycles. The van der Waals surface area contributed by atoms with Gasteiger partial charge in [-0.05, 0) is 45.9 Å². The first-order valence-corrected chi connectivity index (χ1v) is 7.10. The fraction of sp³-hybridized carbons (Fsp3) is 0.818. The van der Waals surface area contributed by atoms with E-state index in [-0.39, 0.29) is 0 Å². The molecule has 1 heterocycles. The summed E-state index contributed by atoms with van der Waals surface area (Å²) < 4.78 is 2.13. The molecule has 16 heavy (non-hydrogen) atoms. The molecule has 0 radical (unpaired) electrons. The zero-order chi connectivity index (χ0) is 12.0. The van der Waals surface area contributed by atoms with Crippen LogP contribution >= 0.6 is 11.8 Å². The maximum atomic E-state index is 4.17. The predicted octanol–water partition coefficient (Wildman–Crippen LogP) is 2.04. The lowest BCUT2D eigenvalue weighted by Crippen LogP contribution is -2.22. The fourth-order valence-corrected chi connectivity index (χ4v) is 2.03. The number of rotatable bonds is 7. The van der Waals surface area contributed by atoms with Gasteiger partial charge >= 0.3 is 0 Å². The van der Waals surface area contributed by atoms with E-state index in [4.69, 9.17) is 0 Å². The zero-order valence-corrected chi connectivity index (χ0v) is 11.5. The van der Waals surface area contributed by atoms with Crippen LogP contribution in [-0.4, -0.2) is 45.3 Å². The average molecular weight is 242 g/mol. The summed E-state index contributed by atoms with van der Waals surface area (Å²) in [6.45, 7) is 6.31. The van der Waals surface area contributed by atoms with Gasteiger partial charge in [0.2, 0.25) is 0 Å². The van der Waals surface area contributed by atoms with E-state index in [0.717, 1.165) is 18.9 Å². The highest BCUT2D eigenvalue weighted by atomic mass is 32.2. The fourth-order valence-electron chi connectivity index (χ4n) is 1.61. The number of thioether (sulfide) groups is 1. The Kier molecular flexibility index (Phi) is 5.84. The Morgan fingerprint density at radius 1 is 1.50 bits per heavy atom. The van der Waals surface area contributed by atoms with E-state index in [0.29, 0.717) is 6.04 Å². The lowest BCUT2D eigenvalue weighted by Gasteiger charge is -2.17. The van der Waals surface area contributed by atoms with Crippen LogP contribution in [0.1, 0.15) is 32.1 Å². The normalized spacial score (nSPS) is 11.6. The van der Waals surface area contributed by atoms with Crippen molar-refractivity contribution in [2.75, 3.05) is 25.6 Å². The van der Waals surface area contributed by atoms with Gasteiger partial charge in [-0.3, -0.25) is 4.90 Å². The van der Waals surface area contributed by atoms with Crippen LogP contribution < -0.4 is 0 Å². The molecule has 0 N–H and O–H groups in total. The molecule has 0 amide bonds. The van der Waals surface area contributed by atoms with Crippen molar-refractivity contribution in [1.29, 1.82) is 0 Å². The number of aromatic nitrogens is 3. The van der Waals surface area contributed by atoms with Crippen LogP contribution in [0.2, 0.25) is 0 Å². The van der Waals surface area contributed by atoms with Gasteiger partial charge in [0.15, 0.2) is 0 Å². The summed E-state index contributed by atoms with van der Waals surface area (Å²) in [4.78, 5) is 2.30. The molecule has 0 bridgehead atoms. The van der Waals surface area contributed by atoms with Crippen LogP contribution in [0.25, 0.3) is 0 Å². The van der Waals surface area contributed by atoms with Crippen molar-refractivity contribution < 1.29 is 0 Å². The molecule has 0 fully saturated rings. The first-order valence-electron chi connectivity index (χ1n) is 5.71. The van der Waals surface area contributed by atoms with Crippen LogP contribution in [0.15, 0.2) is 6.33 Å². The highest BCUT2D eigenvalue weighted by Gasteiger charge is 2.09. The molecule has 0 aliphatic rings. The van der Waals surface area contributed by atoms with E-state index in [1.165, 1.54) is 12.2 Å². The van der Waals surface area contributed by atoms with Gasteiger partial charge in [0.25, 0.3) is 0 Å². The zero-order valence-electron chi connectivity index (χ0n) is 10.7. The third-order valence-corrected chi connectivity index (χ3v) is 3.20. The van der Waals surface area contributed by atoms with E-state index in [9.17, 15) is 0 Å². The van der Waals surface area contributed by atoms with Crippen LogP contribution in [-0.2, 0) is 6.54 Å². The summed E-state index contributed by atoms with van der Waals surface area (Å²) in [5.74, 6) is 2.28. The Balaban J connectivity index is 2.43.